The molecule has 5 nitrogen and oxygen atoms in total. The molecule has 1 aromatic carbocycles. The number of nitriles is 1. The monoisotopic (exact) mass is 273 g/mol. The molecule has 0 aliphatic rings. The van der Waals surface area contributed by atoms with Crippen molar-refractivity contribution in [2.75, 3.05) is 6.54 Å². The van der Waals surface area contributed by atoms with Gasteiger partial charge in [-0.1, -0.05) is 30.3 Å². The molecule has 0 aromatic heterocycles. The zero-order chi connectivity index (χ0) is 15.0. The van der Waals surface area contributed by atoms with E-state index in [0.29, 0.717) is 6.42 Å². The van der Waals surface area contributed by atoms with Crippen molar-refractivity contribution in [2.45, 2.75) is 32.2 Å². The summed E-state index contributed by atoms with van der Waals surface area (Å²) in [6.07, 6.45) is 1.53. The van der Waals surface area contributed by atoms with Crippen LogP contribution in [0.5, 0.6) is 0 Å². The second-order valence-electron chi connectivity index (χ2n) is 5.16. The van der Waals surface area contributed by atoms with Gasteiger partial charge in [0.25, 0.3) is 0 Å². The molecular formula is C15H19N3O2. The molecule has 0 aliphatic carbocycles. The number of carbonyl (C=O) groups is 2. The highest BCUT2D eigenvalue weighted by Crippen LogP contribution is 2.13. The van der Waals surface area contributed by atoms with Crippen LogP contribution in [0.15, 0.2) is 30.3 Å². The van der Waals surface area contributed by atoms with Gasteiger partial charge >= 0.3 is 11.8 Å². The average Bonchev–Trinajstić information content (AvgIpc) is 2.43. The molecule has 0 bridgehead atoms. The van der Waals surface area contributed by atoms with E-state index in [1.165, 1.54) is 5.56 Å². The lowest BCUT2D eigenvalue weighted by atomic mass is 9.95. The topological polar surface area (TPSA) is 82.0 Å². The number of aryl methyl sites for hydroxylation is 1. The molecule has 0 aliphatic heterocycles. The van der Waals surface area contributed by atoms with Crippen LogP contribution >= 0.6 is 0 Å². The SMILES string of the molecule is CC(C)(CCc1ccccc1)NC(=O)C(=O)NCC#N. The molecule has 1 rings (SSSR count). The van der Waals surface area contributed by atoms with Gasteiger partial charge in [0.05, 0.1) is 6.07 Å². The molecule has 20 heavy (non-hydrogen) atoms. The predicted molar refractivity (Wildman–Crippen MR) is 75.6 cm³/mol. The molecular weight excluding hydrogens is 254 g/mol. The fourth-order valence-electron chi connectivity index (χ4n) is 1.73. The van der Waals surface area contributed by atoms with E-state index in [1.54, 1.807) is 6.07 Å². The molecule has 2 N–H and O–H groups in total. The third kappa shape index (κ3) is 5.53. The van der Waals surface area contributed by atoms with Gasteiger partial charge in [0, 0.05) is 5.54 Å². The van der Waals surface area contributed by atoms with E-state index in [1.807, 2.05) is 44.2 Å². The molecule has 0 heterocycles. The van der Waals surface area contributed by atoms with E-state index in [-0.39, 0.29) is 6.54 Å². The van der Waals surface area contributed by atoms with E-state index in [0.717, 1.165) is 6.42 Å². The summed E-state index contributed by atoms with van der Waals surface area (Å²) in [6.45, 7) is 3.56. The van der Waals surface area contributed by atoms with Gasteiger partial charge in [0.15, 0.2) is 0 Å². The van der Waals surface area contributed by atoms with Crippen LogP contribution in [0.3, 0.4) is 0 Å². The number of nitrogens with one attached hydrogen (secondary N) is 2. The lowest BCUT2D eigenvalue weighted by Crippen LogP contribution is -2.50. The first-order chi connectivity index (χ1) is 9.44. The minimum atomic E-state index is -0.778. The predicted octanol–water partition coefficient (Wildman–Crippen LogP) is 1.15. The summed E-state index contributed by atoms with van der Waals surface area (Å²) in [5, 5.41) is 13.2. The second kappa shape index (κ2) is 7.29. The number of amides is 2. The van der Waals surface area contributed by atoms with E-state index < -0.39 is 17.4 Å². The Kier molecular flexibility index (Phi) is 5.73. The number of rotatable bonds is 5. The maximum Gasteiger partial charge on any atom is 0.310 e. The number of hydrogen-bond acceptors (Lipinski definition) is 3. The quantitative estimate of drug-likeness (QED) is 0.623. The molecule has 0 saturated heterocycles. The van der Waals surface area contributed by atoms with Crippen LogP contribution in [0.25, 0.3) is 0 Å². The maximum absolute atomic E-state index is 11.6. The van der Waals surface area contributed by atoms with Crippen molar-refractivity contribution in [2.24, 2.45) is 0 Å². The summed E-state index contributed by atoms with van der Waals surface area (Å²) in [5.74, 6) is -1.49. The lowest BCUT2D eigenvalue weighted by molar-refractivity contribution is -0.140. The third-order valence-corrected chi connectivity index (χ3v) is 2.87. The van der Waals surface area contributed by atoms with Crippen molar-refractivity contribution in [1.29, 1.82) is 5.26 Å². The van der Waals surface area contributed by atoms with Crippen molar-refractivity contribution in [3.63, 3.8) is 0 Å². The first kappa shape index (κ1) is 15.7. The Hall–Kier alpha value is -2.35. The number of nitrogens with zero attached hydrogens (tertiary/aromatic N) is 1. The van der Waals surface area contributed by atoms with Crippen LogP contribution in [0.2, 0.25) is 0 Å². The van der Waals surface area contributed by atoms with Crippen molar-refractivity contribution >= 4 is 11.8 Å². The third-order valence-electron chi connectivity index (χ3n) is 2.87. The standard InChI is InChI=1S/C15H19N3O2/c1-15(2,9-8-12-6-4-3-5-7-12)18-14(20)13(19)17-11-10-16/h3-7H,8-9,11H2,1-2H3,(H,17,19)(H,18,20). The summed E-state index contributed by atoms with van der Waals surface area (Å²) in [4.78, 5) is 23.0. The van der Waals surface area contributed by atoms with Gasteiger partial charge in [-0.25, -0.2) is 0 Å². The summed E-state index contributed by atoms with van der Waals surface area (Å²) in [7, 11) is 0. The van der Waals surface area contributed by atoms with Crippen LogP contribution in [0.1, 0.15) is 25.8 Å². The van der Waals surface area contributed by atoms with E-state index >= 15 is 0 Å². The number of hydrogen-bond donors (Lipinski definition) is 2. The maximum atomic E-state index is 11.6. The zero-order valence-electron chi connectivity index (χ0n) is 11.8. The largest absolute Gasteiger partial charge is 0.343 e. The number of benzene rings is 1. The van der Waals surface area contributed by atoms with Gasteiger partial charge < -0.3 is 10.6 Å². The molecule has 0 atom stereocenters. The highest BCUT2D eigenvalue weighted by molar-refractivity contribution is 6.35. The number of carbonyl (C=O) groups excluding carboxylic acids is 2. The fourth-order valence-corrected chi connectivity index (χ4v) is 1.73. The summed E-state index contributed by atoms with van der Waals surface area (Å²) >= 11 is 0. The van der Waals surface area contributed by atoms with Gasteiger partial charge in [-0.05, 0) is 32.3 Å². The molecule has 0 radical (unpaired) electrons. The Labute approximate surface area is 119 Å². The van der Waals surface area contributed by atoms with Gasteiger partial charge in [0.1, 0.15) is 6.54 Å². The Morgan fingerprint density at radius 2 is 1.85 bits per heavy atom. The van der Waals surface area contributed by atoms with Crippen LogP contribution in [-0.2, 0) is 16.0 Å². The van der Waals surface area contributed by atoms with Gasteiger partial charge in [-0.2, -0.15) is 5.26 Å². The smallest absolute Gasteiger partial charge is 0.310 e. The second-order valence-corrected chi connectivity index (χ2v) is 5.16. The zero-order valence-corrected chi connectivity index (χ0v) is 11.8. The first-order valence-electron chi connectivity index (χ1n) is 6.46. The summed E-state index contributed by atoms with van der Waals surface area (Å²) in [5.41, 5.74) is 0.695. The normalized spacial score (nSPS) is 10.4. The molecule has 5 heteroatoms. The van der Waals surface area contributed by atoms with Gasteiger partial charge in [-0.15, -0.1) is 0 Å². The molecule has 0 spiro atoms. The van der Waals surface area contributed by atoms with E-state index in [2.05, 4.69) is 10.6 Å². The molecule has 2 amide bonds. The Morgan fingerprint density at radius 3 is 2.45 bits per heavy atom. The molecule has 0 saturated carbocycles. The van der Waals surface area contributed by atoms with Crippen molar-refractivity contribution < 1.29 is 9.59 Å². The molecule has 0 unspecified atom stereocenters. The minimum Gasteiger partial charge on any atom is -0.343 e. The summed E-state index contributed by atoms with van der Waals surface area (Å²) < 4.78 is 0. The Balaban J connectivity index is 2.46. The lowest BCUT2D eigenvalue weighted by Gasteiger charge is -2.26. The van der Waals surface area contributed by atoms with Crippen LogP contribution < -0.4 is 10.6 Å². The van der Waals surface area contributed by atoms with Gasteiger partial charge in [-0.3, -0.25) is 9.59 Å². The highest BCUT2D eigenvalue weighted by Gasteiger charge is 2.23. The molecule has 106 valence electrons. The average molecular weight is 273 g/mol. The fraction of sp³-hybridized carbons (Fsp3) is 0.400. The van der Waals surface area contributed by atoms with Gasteiger partial charge in [0.2, 0.25) is 0 Å². The summed E-state index contributed by atoms with van der Waals surface area (Å²) in [6, 6.07) is 11.7. The minimum absolute atomic E-state index is 0.170. The van der Waals surface area contributed by atoms with Crippen molar-refractivity contribution in [3.05, 3.63) is 35.9 Å². The first-order valence-corrected chi connectivity index (χ1v) is 6.46. The Bertz CT molecular complexity index is 504. The molecule has 0 fully saturated rings. The Morgan fingerprint density at radius 1 is 1.20 bits per heavy atom. The van der Waals surface area contributed by atoms with E-state index in [4.69, 9.17) is 5.26 Å². The van der Waals surface area contributed by atoms with Crippen LogP contribution in [0.4, 0.5) is 0 Å². The highest BCUT2D eigenvalue weighted by atomic mass is 16.2. The molecule has 1 aromatic rings. The van der Waals surface area contributed by atoms with Crippen molar-refractivity contribution in [3.8, 4) is 6.07 Å². The van der Waals surface area contributed by atoms with Crippen LogP contribution in [0, 0.1) is 11.3 Å². The van der Waals surface area contributed by atoms with Crippen molar-refractivity contribution in [1.82, 2.24) is 10.6 Å². The van der Waals surface area contributed by atoms with E-state index in [9.17, 15) is 9.59 Å². The van der Waals surface area contributed by atoms with Crippen LogP contribution in [-0.4, -0.2) is 23.9 Å².